The summed E-state index contributed by atoms with van der Waals surface area (Å²) < 4.78 is 41.0. The molecule has 11 heteroatoms. The Morgan fingerprint density at radius 3 is 2.52 bits per heavy atom. The molecule has 3 aromatic rings. The molecule has 33 heavy (non-hydrogen) atoms. The van der Waals surface area contributed by atoms with Crippen LogP contribution in [0, 0.1) is 0 Å². The predicted molar refractivity (Wildman–Crippen MR) is 117 cm³/mol. The van der Waals surface area contributed by atoms with Crippen molar-refractivity contribution in [3.8, 4) is 11.3 Å². The quantitative estimate of drug-likeness (QED) is 0.574. The molecule has 4 rings (SSSR count). The molecular formula is C22H17Cl2F3N4O2. The van der Waals surface area contributed by atoms with Gasteiger partial charge in [-0.1, -0.05) is 41.4 Å². The molecule has 1 aliphatic rings. The Hall–Kier alpha value is -3.04. The topological polar surface area (TPSA) is 81.2 Å². The molecule has 0 aliphatic carbocycles. The lowest BCUT2D eigenvalue weighted by Gasteiger charge is -2.28. The van der Waals surface area contributed by atoms with E-state index in [1.165, 1.54) is 11.0 Å². The van der Waals surface area contributed by atoms with Gasteiger partial charge in [-0.25, -0.2) is 0 Å². The minimum Gasteiger partial charge on any atom is -0.365 e. The van der Waals surface area contributed by atoms with Crippen LogP contribution in [-0.4, -0.2) is 33.0 Å². The molecule has 0 saturated heterocycles. The van der Waals surface area contributed by atoms with Crippen molar-refractivity contribution < 1.29 is 22.8 Å². The number of hydrogen-bond donors (Lipinski definition) is 1. The number of carbonyl (C=O) groups excluding carboxylic acids is 2. The first kappa shape index (κ1) is 23.1. The van der Waals surface area contributed by atoms with Crippen LogP contribution in [0.15, 0.2) is 42.5 Å². The van der Waals surface area contributed by atoms with Gasteiger partial charge in [0.05, 0.1) is 41.4 Å². The normalized spacial score (nSPS) is 13.7. The van der Waals surface area contributed by atoms with E-state index in [0.29, 0.717) is 28.5 Å². The fraction of sp³-hybridized carbons (Fsp3) is 0.227. The number of rotatable bonds is 4. The highest BCUT2D eigenvalue weighted by Gasteiger charge is 2.34. The van der Waals surface area contributed by atoms with Gasteiger partial charge >= 0.3 is 6.18 Å². The third-order valence-corrected chi connectivity index (χ3v) is 5.93. The molecule has 0 radical (unpaired) electrons. The number of carbonyl (C=O) groups is 2. The first-order chi connectivity index (χ1) is 15.5. The fourth-order valence-electron chi connectivity index (χ4n) is 3.81. The Labute approximate surface area is 196 Å². The Morgan fingerprint density at radius 1 is 1.09 bits per heavy atom. The monoisotopic (exact) mass is 496 g/mol. The van der Waals surface area contributed by atoms with E-state index < -0.39 is 28.6 Å². The molecule has 172 valence electrons. The van der Waals surface area contributed by atoms with Crippen molar-refractivity contribution >= 4 is 35.0 Å². The minimum atomic E-state index is -4.62. The number of fused-ring (bicyclic) bond motifs is 1. The van der Waals surface area contributed by atoms with Gasteiger partial charge in [-0.3, -0.25) is 14.3 Å². The lowest BCUT2D eigenvalue weighted by molar-refractivity contribution is -0.138. The van der Waals surface area contributed by atoms with Gasteiger partial charge in [0, 0.05) is 17.1 Å². The van der Waals surface area contributed by atoms with Gasteiger partial charge in [0.1, 0.15) is 5.69 Å². The average Bonchev–Trinajstić information content (AvgIpc) is 3.13. The maximum atomic E-state index is 13.1. The van der Waals surface area contributed by atoms with Crippen molar-refractivity contribution in [2.75, 3.05) is 6.54 Å². The zero-order valence-corrected chi connectivity index (χ0v) is 18.5. The van der Waals surface area contributed by atoms with E-state index in [0.717, 1.165) is 12.1 Å². The summed E-state index contributed by atoms with van der Waals surface area (Å²) in [4.78, 5) is 26.6. The maximum Gasteiger partial charge on any atom is 0.417 e. The largest absolute Gasteiger partial charge is 0.417 e. The van der Waals surface area contributed by atoms with E-state index in [9.17, 15) is 22.8 Å². The summed E-state index contributed by atoms with van der Waals surface area (Å²) in [5.74, 6) is -1.09. The molecule has 2 N–H and O–H groups in total. The molecule has 1 aliphatic heterocycles. The average molecular weight is 497 g/mol. The molecule has 2 aromatic carbocycles. The van der Waals surface area contributed by atoms with Crippen molar-refractivity contribution in [2.24, 2.45) is 5.73 Å². The summed E-state index contributed by atoms with van der Waals surface area (Å²) in [6.45, 7) is 0.626. The third kappa shape index (κ3) is 4.69. The molecule has 1 aromatic heterocycles. The van der Waals surface area contributed by atoms with Crippen LogP contribution in [0.4, 0.5) is 13.2 Å². The van der Waals surface area contributed by atoms with E-state index in [1.54, 1.807) is 28.9 Å². The highest BCUT2D eigenvalue weighted by atomic mass is 35.5. The van der Waals surface area contributed by atoms with Gasteiger partial charge in [0.25, 0.3) is 5.91 Å². The zero-order chi connectivity index (χ0) is 23.9. The van der Waals surface area contributed by atoms with Crippen LogP contribution >= 0.6 is 23.2 Å². The second kappa shape index (κ2) is 8.72. The molecule has 0 saturated carbocycles. The standard InChI is InChI=1S/C22H17Cl2F3N4O2/c23-14-3-1-2-13(10-14)20-19(21(28)33)17-11-30(6-7-31(17)29-20)18(32)9-12-4-5-16(24)15(8-12)22(25,26)27/h1-5,8,10H,6-7,9,11H2,(H2,28,33). The van der Waals surface area contributed by atoms with Crippen molar-refractivity contribution in [3.63, 3.8) is 0 Å². The van der Waals surface area contributed by atoms with E-state index in [1.807, 2.05) is 0 Å². The summed E-state index contributed by atoms with van der Waals surface area (Å²) in [6.07, 6.45) is -4.87. The second-order valence-electron chi connectivity index (χ2n) is 7.57. The van der Waals surface area contributed by atoms with Crippen LogP contribution in [0.25, 0.3) is 11.3 Å². The summed E-state index contributed by atoms with van der Waals surface area (Å²) in [5, 5.41) is 4.52. The first-order valence-electron chi connectivity index (χ1n) is 9.83. The summed E-state index contributed by atoms with van der Waals surface area (Å²) in [5.41, 5.74) is 6.44. The number of halogens is 5. The predicted octanol–water partition coefficient (Wildman–Crippen LogP) is 4.56. The van der Waals surface area contributed by atoms with Crippen LogP contribution < -0.4 is 5.73 Å². The molecule has 2 heterocycles. The van der Waals surface area contributed by atoms with Gasteiger partial charge < -0.3 is 10.6 Å². The van der Waals surface area contributed by atoms with Gasteiger partial charge in [0.15, 0.2) is 0 Å². The molecule has 0 spiro atoms. The molecule has 0 bridgehead atoms. The number of primary amides is 1. The number of amides is 2. The number of hydrogen-bond acceptors (Lipinski definition) is 3. The van der Waals surface area contributed by atoms with E-state index in [-0.39, 0.29) is 30.6 Å². The maximum absolute atomic E-state index is 13.1. The van der Waals surface area contributed by atoms with Crippen LogP contribution in [0.5, 0.6) is 0 Å². The Morgan fingerprint density at radius 2 is 1.85 bits per heavy atom. The molecule has 0 unspecified atom stereocenters. The number of aromatic nitrogens is 2. The highest BCUT2D eigenvalue weighted by Crippen LogP contribution is 2.35. The summed E-state index contributed by atoms with van der Waals surface area (Å²) in [7, 11) is 0. The van der Waals surface area contributed by atoms with Crippen molar-refractivity contribution in [1.82, 2.24) is 14.7 Å². The van der Waals surface area contributed by atoms with Crippen molar-refractivity contribution in [1.29, 1.82) is 0 Å². The molecular weight excluding hydrogens is 480 g/mol. The van der Waals surface area contributed by atoms with Gasteiger partial charge in [-0.05, 0) is 29.8 Å². The Kier molecular flexibility index (Phi) is 6.11. The first-order valence-corrected chi connectivity index (χ1v) is 10.6. The Balaban J connectivity index is 1.60. The second-order valence-corrected chi connectivity index (χ2v) is 8.42. The van der Waals surface area contributed by atoms with Crippen LogP contribution in [0.2, 0.25) is 10.0 Å². The van der Waals surface area contributed by atoms with E-state index >= 15 is 0 Å². The number of alkyl halides is 3. The third-order valence-electron chi connectivity index (χ3n) is 5.37. The number of nitrogens with two attached hydrogens (primary N) is 1. The van der Waals surface area contributed by atoms with E-state index in [2.05, 4.69) is 5.10 Å². The van der Waals surface area contributed by atoms with Gasteiger partial charge in [-0.15, -0.1) is 0 Å². The summed E-state index contributed by atoms with van der Waals surface area (Å²) >= 11 is 11.7. The fourth-order valence-corrected chi connectivity index (χ4v) is 4.23. The van der Waals surface area contributed by atoms with Crippen molar-refractivity contribution in [2.45, 2.75) is 25.7 Å². The zero-order valence-electron chi connectivity index (χ0n) is 17.0. The summed E-state index contributed by atoms with van der Waals surface area (Å²) in [6, 6.07) is 10.2. The molecule has 0 fully saturated rings. The highest BCUT2D eigenvalue weighted by molar-refractivity contribution is 6.31. The van der Waals surface area contributed by atoms with Gasteiger partial charge in [-0.2, -0.15) is 18.3 Å². The van der Waals surface area contributed by atoms with Crippen molar-refractivity contribution in [3.05, 3.63) is 74.9 Å². The lowest BCUT2D eigenvalue weighted by atomic mass is 10.0. The SMILES string of the molecule is NC(=O)c1c(-c2cccc(Cl)c2)nn2c1CN(C(=O)Cc1ccc(Cl)c(C(F)(F)F)c1)CC2. The molecule has 2 amide bonds. The van der Waals surface area contributed by atoms with E-state index in [4.69, 9.17) is 28.9 Å². The van der Waals surface area contributed by atoms with Crippen LogP contribution in [0.1, 0.15) is 27.2 Å². The number of benzene rings is 2. The van der Waals surface area contributed by atoms with Crippen LogP contribution in [-0.2, 0) is 30.5 Å². The van der Waals surface area contributed by atoms with Gasteiger partial charge in [0.2, 0.25) is 5.91 Å². The van der Waals surface area contributed by atoms with Crippen LogP contribution in [0.3, 0.4) is 0 Å². The smallest absolute Gasteiger partial charge is 0.365 e. The lowest BCUT2D eigenvalue weighted by Crippen LogP contribution is -2.40. The number of nitrogens with zero attached hydrogens (tertiary/aromatic N) is 3. The molecule has 0 atom stereocenters. The Bertz CT molecular complexity index is 1260. The minimum absolute atomic E-state index is 0.0460. The molecule has 6 nitrogen and oxygen atoms in total.